The maximum absolute atomic E-state index is 13.7. The molecule has 1 fully saturated rings. The van der Waals surface area contributed by atoms with Crippen molar-refractivity contribution in [2.75, 3.05) is 31.1 Å². The van der Waals surface area contributed by atoms with Gasteiger partial charge in [-0.25, -0.2) is 9.97 Å². The summed E-state index contributed by atoms with van der Waals surface area (Å²) in [5.74, 6) is 1.42. The van der Waals surface area contributed by atoms with Crippen LogP contribution in [-0.2, 0) is 0 Å². The lowest BCUT2D eigenvalue weighted by Crippen LogP contribution is -2.51. The van der Waals surface area contributed by atoms with E-state index in [1.807, 2.05) is 17.9 Å². The van der Waals surface area contributed by atoms with Crippen LogP contribution in [0.3, 0.4) is 0 Å². The van der Waals surface area contributed by atoms with E-state index >= 15 is 0 Å². The molecule has 0 amide bonds. The van der Waals surface area contributed by atoms with E-state index < -0.39 is 12.2 Å². The number of aromatic amines is 1. The molecule has 4 rings (SSSR count). The molecule has 0 bridgehead atoms. The standard InChI is InChI=1S/C19H20F3N5/c1-13-24-17-15(7-8-23-17)18(25-13)27-11-9-26(10-12-27)16(19(20,21)22)14-5-3-2-4-6-14/h2-8,16H,9-12H2,1H3,(H,23,24,25). The largest absolute Gasteiger partial charge is 0.408 e. The van der Waals surface area contributed by atoms with Crippen LogP contribution in [0.2, 0.25) is 0 Å². The molecule has 3 aromatic rings. The number of halogens is 3. The summed E-state index contributed by atoms with van der Waals surface area (Å²) >= 11 is 0. The zero-order chi connectivity index (χ0) is 19.0. The van der Waals surface area contributed by atoms with Gasteiger partial charge in [0.15, 0.2) is 0 Å². The third kappa shape index (κ3) is 3.49. The first-order valence-corrected chi connectivity index (χ1v) is 8.86. The molecule has 0 radical (unpaired) electrons. The third-order valence-corrected chi connectivity index (χ3v) is 4.91. The van der Waals surface area contributed by atoms with Crippen molar-refractivity contribution in [3.8, 4) is 0 Å². The van der Waals surface area contributed by atoms with E-state index in [1.165, 1.54) is 4.90 Å². The second-order valence-corrected chi connectivity index (χ2v) is 6.71. The molecule has 1 unspecified atom stereocenters. The fraction of sp³-hybridized carbons (Fsp3) is 0.368. The minimum absolute atomic E-state index is 0.282. The van der Waals surface area contributed by atoms with Gasteiger partial charge in [-0.1, -0.05) is 30.3 Å². The van der Waals surface area contributed by atoms with Crippen LogP contribution in [0, 0.1) is 6.92 Å². The lowest BCUT2D eigenvalue weighted by Gasteiger charge is -2.40. The van der Waals surface area contributed by atoms with Gasteiger partial charge < -0.3 is 9.88 Å². The van der Waals surface area contributed by atoms with E-state index in [1.54, 1.807) is 36.5 Å². The number of aromatic nitrogens is 3. The maximum Gasteiger partial charge on any atom is 0.408 e. The summed E-state index contributed by atoms with van der Waals surface area (Å²) in [5, 5.41) is 0.893. The van der Waals surface area contributed by atoms with Crippen LogP contribution in [0.25, 0.3) is 11.0 Å². The number of H-pyrrole nitrogens is 1. The van der Waals surface area contributed by atoms with E-state index in [9.17, 15) is 13.2 Å². The molecule has 3 heterocycles. The molecule has 1 atom stereocenters. The fourth-order valence-electron chi connectivity index (χ4n) is 3.71. The smallest absolute Gasteiger partial charge is 0.353 e. The number of nitrogens with one attached hydrogen (secondary N) is 1. The Morgan fingerprint density at radius 1 is 1.00 bits per heavy atom. The highest BCUT2D eigenvalue weighted by atomic mass is 19.4. The number of alkyl halides is 3. The lowest BCUT2D eigenvalue weighted by atomic mass is 10.0. The molecule has 0 aliphatic carbocycles. The Hall–Kier alpha value is -2.61. The topological polar surface area (TPSA) is 48.1 Å². The Bertz CT molecular complexity index is 914. The van der Waals surface area contributed by atoms with E-state index in [-0.39, 0.29) is 5.56 Å². The Morgan fingerprint density at radius 2 is 1.70 bits per heavy atom. The van der Waals surface area contributed by atoms with Gasteiger partial charge in [-0.3, -0.25) is 4.90 Å². The summed E-state index contributed by atoms with van der Waals surface area (Å²) in [5.41, 5.74) is 1.03. The number of piperazine rings is 1. The van der Waals surface area contributed by atoms with Gasteiger partial charge in [0.1, 0.15) is 23.3 Å². The monoisotopic (exact) mass is 375 g/mol. The maximum atomic E-state index is 13.7. The molecule has 0 spiro atoms. The van der Waals surface area contributed by atoms with Gasteiger partial charge in [0.25, 0.3) is 0 Å². The number of fused-ring (bicyclic) bond motifs is 1. The van der Waals surface area contributed by atoms with E-state index in [0.717, 1.165) is 16.9 Å². The number of anilines is 1. The molecule has 2 aromatic heterocycles. The van der Waals surface area contributed by atoms with Crippen LogP contribution in [0.1, 0.15) is 17.4 Å². The number of rotatable bonds is 3. The Labute approximate surface area is 154 Å². The lowest BCUT2D eigenvalue weighted by molar-refractivity contribution is -0.187. The summed E-state index contributed by atoms with van der Waals surface area (Å²) in [7, 11) is 0. The van der Waals surface area contributed by atoms with Crippen LogP contribution in [-0.4, -0.2) is 52.2 Å². The van der Waals surface area contributed by atoms with Gasteiger partial charge in [0, 0.05) is 32.4 Å². The van der Waals surface area contributed by atoms with E-state index in [2.05, 4.69) is 15.0 Å². The molecule has 142 valence electrons. The molecule has 1 aliphatic rings. The summed E-state index contributed by atoms with van der Waals surface area (Å²) in [6.45, 7) is 3.41. The highest BCUT2D eigenvalue weighted by molar-refractivity contribution is 5.87. The first-order valence-electron chi connectivity index (χ1n) is 8.86. The summed E-state index contributed by atoms with van der Waals surface area (Å²) in [4.78, 5) is 15.5. The highest BCUT2D eigenvalue weighted by Crippen LogP contribution is 2.38. The molecular formula is C19H20F3N5. The average molecular weight is 375 g/mol. The normalized spacial score (nSPS) is 17.4. The second kappa shape index (κ2) is 6.84. The van der Waals surface area contributed by atoms with Gasteiger partial charge in [-0.15, -0.1) is 0 Å². The van der Waals surface area contributed by atoms with Gasteiger partial charge in [-0.2, -0.15) is 13.2 Å². The van der Waals surface area contributed by atoms with Crippen molar-refractivity contribution in [3.05, 3.63) is 54.0 Å². The van der Waals surface area contributed by atoms with Gasteiger partial charge in [0.2, 0.25) is 0 Å². The molecule has 1 N–H and O–H groups in total. The quantitative estimate of drug-likeness (QED) is 0.759. The number of aryl methyl sites for hydroxylation is 1. The molecule has 27 heavy (non-hydrogen) atoms. The van der Waals surface area contributed by atoms with Crippen molar-refractivity contribution >= 4 is 16.9 Å². The van der Waals surface area contributed by atoms with Crippen molar-refractivity contribution in [2.24, 2.45) is 0 Å². The van der Waals surface area contributed by atoms with Crippen LogP contribution >= 0.6 is 0 Å². The van der Waals surface area contributed by atoms with Crippen molar-refractivity contribution in [1.29, 1.82) is 0 Å². The van der Waals surface area contributed by atoms with Crippen molar-refractivity contribution in [1.82, 2.24) is 19.9 Å². The first-order chi connectivity index (χ1) is 12.9. The highest BCUT2D eigenvalue weighted by Gasteiger charge is 2.45. The second-order valence-electron chi connectivity index (χ2n) is 6.71. The predicted molar refractivity (Wildman–Crippen MR) is 97.6 cm³/mol. The molecule has 1 saturated heterocycles. The summed E-state index contributed by atoms with van der Waals surface area (Å²) in [6.07, 6.45) is -2.52. The van der Waals surface area contributed by atoms with Crippen LogP contribution < -0.4 is 4.90 Å². The van der Waals surface area contributed by atoms with Gasteiger partial charge in [-0.05, 0) is 18.6 Å². The van der Waals surface area contributed by atoms with E-state index in [4.69, 9.17) is 0 Å². The molecule has 5 nitrogen and oxygen atoms in total. The van der Waals surface area contributed by atoms with Crippen LogP contribution in [0.15, 0.2) is 42.6 Å². The predicted octanol–water partition coefficient (Wildman–Crippen LogP) is 3.69. The fourth-order valence-corrected chi connectivity index (χ4v) is 3.71. The zero-order valence-electron chi connectivity index (χ0n) is 14.9. The number of nitrogens with zero attached hydrogens (tertiary/aromatic N) is 4. The molecule has 1 aliphatic heterocycles. The number of hydrogen-bond acceptors (Lipinski definition) is 4. The van der Waals surface area contributed by atoms with Crippen molar-refractivity contribution in [3.63, 3.8) is 0 Å². The van der Waals surface area contributed by atoms with Crippen molar-refractivity contribution in [2.45, 2.75) is 19.1 Å². The van der Waals surface area contributed by atoms with Gasteiger partial charge >= 0.3 is 6.18 Å². The molecule has 8 heteroatoms. The van der Waals surface area contributed by atoms with E-state index in [0.29, 0.717) is 32.0 Å². The minimum atomic E-state index is -4.32. The third-order valence-electron chi connectivity index (χ3n) is 4.91. The van der Waals surface area contributed by atoms with Crippen LogP contribution in [0.5, 0.6) is 0 Å². The summed E-state index contributed by atoms with van der Waals surface area (Å²) in [6, 6.07) is 8.43. The number of benzene rings is 1. The zero-order valence-corrected chi connectivity index (χ0v) is 14.9. The SMILES string of the molecule is Cc1nc(N2CCN(C(c3ccccc3)C(F)(F)F)CC2)c2cc[nH]c2n1. The minimum Gasteiger partial charge on any atom is -0.353 e. The summed E-state index contributed by atoms with van der Waals surface area (Å²) < 4.78 is 41.2. The Balaban J connectivity index is 1.56. The Kier molecular flexibility index (Phi) is 4.51. The molecular weight excluding hydrogens is 355 g/mol. The molecule has 1 aromatic carbocycles. The molecule has 0 saturated carbocycles. The van der Waals surface area contributed by atoms with Crippen molar-refractivity contribution < 1.29 is 13.2 Å². The Morgan fingerprint density at radius 3 is 2.37 bits per heavy atom. The van der Waals surface area contributed by atoms with Gasteiger partial charge in [0.05, 0.1) is 5.39 Å². The van der Waals surface area contributed by atoms with Crippen LogP contribution in [0.4, 0.5) is 19.0 Å². The number of hydrogen-bond donors (Lipinski definition) is 1. The first kappa shape index (κ1) is 17.8. The average Bonchev–Trinajstić information content (AvgIpc) is 3.10.